The number of hydrogen-bond donors (Lipinski definition) is 0. The summed E-state index contributed by atoms with van der Waals surface area (Å²) in [4.78, 5) is 17.4. The molecule has 0 saturated heterocycles. The van der Waals surface area contributed by atoms with Crippen LogP contribution in [0, 0.1) is 0 Å². The van der Waals surface area contributed by atoms with Crippen molar-refractivity contribution in [3.05, 3.63) is 158 Å². The Morgan fingerprint density at radius 3 is 0.774 bits per heavy atom. The van der Waals surface area contributed by atoms with Gasteiger partial charge in [0.1, 0.15) is 29.0 Å². The number of rotatable bonds is 43. The summed E-state index contributed by atoms with van der Waals surface area (Å²) in [7, 11) is -7.82. The fourth-order valence-electron chi connectivity index (χ4n) is 9.57. The molecule has 0 aliphatic carbocycles. The number of ether oxygens (including phenoxy) is 4. The number of halogens is 8. The monoisotopic (exact) mass is 1360 g/mol. The number of carboxylic acid groups (broad SMARTS) is 1. The van der Waals surface area contributed by atoms with E-state index in [0.717, 1.165) is 75.1 Å². The summed E-state index contributed by atoms with van der Waals surface area (Å²) in [5.41, 5.74) is 0. The van der Waals surface area contributed by atoms with E-state index >= 15 is 0 Å². The molecule has 0 saturated carbocycles. The summed E-state index contributed by atoms with van der Waals surface area (Å²) in [5.74, 6) is -22.1. The van der Waals surface area contributed by atoms with Crippen molar-refractivity contribution < 1.29 is 76.9 Å². The zero-order chi connectivity index (χ0) is 68.0. The zero-order valence-corrected chi connectivity index (χ0v) is 56.7. The molecule has 0 radical (unpaired) electrons. The molecule has 0 aromatic heterocycles. The standard InChI is InChI=1S/2C34H47O2S.C5H2F8O5S/c2*1-3-5-7-9-11-16-28-35-30-20-24-33(25-21-30)37(32-18-14-13-15-19-32)34-26-22-31(23-27-34)36-29-17-12-10-8-6-4-2;6-2(7,1(14)15)3(8,9)4(10,11)5(12,13)19(16,17)18/h2*13-15,18-27H,3-12,16-17,28-29H2,1-2H3;(H,14,15)(H,16,17,18)/q2*+1;/p-2. The van der Waals surface area contributed by atoms with E-state index in [1.807, 2.05) is 0 Å². The highest BCUT2D eigenvalue weighted by atomic mass is 32.2. The van der Waals surface area contributed by atoms with Crippen LogP contribution in [0.1, 0.15) is 182 Å². The minimum atomic E-state index is -7.50. The maximum atomic E-state index is 12.5. The molecule has 0 atom stereocenters. The average Bonchev–Trinajstić information content (AvgIpc) is 0.724. The third kappa shape index (κ3) is 26.3. The summed E-state index contributed by atoms with van der Waals surface area (Å²) in [5, 5.41) is 2.37. The van der Waals surface area contributed by atoms with Gasteiger partial charge < -0.3 is 33.4 Å². The zero-order valence-electron chi connectivity index (χ0n) is 54.2. The molecule has 6 rings (SSSR count). The van der Waals surface area contributed by atoms with Gasteiger partial charge in [-0.25, -0.2) is 8.42 Å². The van der Waals surface area contributed by atoms with Gasteiger partial charge in [-0.3, -0.25) is 0 Å². The summed E-state index contributed by atoms with van der Waals surface area (Å²) >= 11 is 0. The van der Waals surface area contributed by atoms with Gasteiger partial charge >= 0.3 is 23.0 Å². The predicted octanol–water partition coefficient (Wildman–Crippen LogP) is 20.3. The van der Waals surface area contributed by atoms with Gasteiger partial charge in [0.25, 0.3) is 0 Å². The summed E-state index contributed by atoms with van der Waals surface area (Å²) in [6.07, 6.45) is 30.8. The highest BCUT2D eigenvalue weighted by Gasteiger charge is 2.83. The first-order valence-electron chi connectivity index (χ1n) is 32.8. The number of aliphatic carboxylic acids is 1. The molecule has 9 nitrogen and oxygen atoms in total. The van der Waals surface area contributed by atoms with Gasteiger partial charge in [-0.1, -0.05) is 193 Å². The minimum absolute atomic E-state index is 0.167. The van der Waals surface area contributed by atoms with Crippen molar-refractivity contribution in [2.45, 2.75) is 234 Å². The predicted molar refractivity (Wildman–Crippen MR) is 353 cm³/mol. The molecule has 0 aliphatic heterocycles. The lowest BCUT2D eigenvalue weighted by Crippen LogP contribution is -2.68. The lowest BCUT2D eigenvalue weighted by molar-refractivity contribution is -0.383. The van der Waals surface area contributed by atoms with Crippen LogP contribution in [0.5, 0.6) is 23.0 Å². The van der Waals surface area contributed by atoms with Crippen molar-refractivity contribution in [2.75, 3.05) is 26.4 Å². The van der Waals surface area contributed by atoms with Gasteiger partial charge in [0.15, 0.2) is 39.5 Å². The molecule has 0 fully saturated rings. The average molecular weight is 1360 g/mol. The smallest absolute Gasteiger partial charge is 0.402 e. The number of unbranched alkanes of at least 4 members (excludes halogenated alkanes) is 20. The van der Waals surface area contributed by atoms with E-state index in [-0.39, 0.29) is 21.8 Å². The molecule has 0 amide bonds. The molecule has 6 aromatic carbocycles. The van der Waals surface area contributed by atoms with Gasteiger partial charge in [-0.15, -0.1) is 0 Å². The van der Waals surface area contributed by atoms with Crippen molar-refractivity contribution in [1.29, 1.82) is 0 Å². The number of alkyl halides is 8. The Hall–Kier alpha value is -5.96. The molecule has 0 spiro atoms. The quantitative estimate of drug-likeness (QED) is 0.0159. The van der Waals surface area contributed by atoms with Crippen LogP contribution in [0.15, 0.2) is 187 Å². The SMILES string of the molecule is CCCCCCCCOc1ccc([S+](c2ccccc2)c2ccc(OCCCCCCCC)cc2)cc1.CCCCCCCCOc1ccc([S+](c2ccccc2)c2ccc(OCCCCCCCC)cc2)cc1.O=C([O-])C(F)(F)C(F)(F)C(F)(F)C(F)(F)S(=O)(=O)[O-]. The second kappa shape index (κ2) is 42.5. The third-order valence-corrected chi connectivity index (χ3v) is 20.3. The van der Waals surface area contributed by atoms with Gasteiger partial charge in [0.2, 0.25) is 0 Å². The van der Waals surface area contributed by atoms with Crippen molar-refractivity contribution >= 4 is 37.9 Å². The van der Waals surface area contributed by atoms with Crippen LogP contribution in [-0.2, 0) is 36.7 Å². The number of benzene rings is 6. The maximum absolute atomic E-state index is 12.5. The van der Waals surface area contributed by atoms with E-state index in [0.29, 0.717) is 0 Å². The van der Waals surface area contributed by atoms with Gasteiger partial charge in [0.05, 0.1) is 48.2 Å². The number of carbonyl (C=O) groups excluding carboxylic acids is 1. The third-order valence-electron chi connectivity index (χ3n) is 15.0. The second-order valence-electron chi connectivity index (χ2n) is 22.6. The highest BCUT2D eigenvalue weighted by molar-refractivity contribution is 7.97. The molecular formula is C73H94F8O9S3. The Balaban J connectivity index is 0.000000314. The summed E-state index contributed by atoms with van der Waals surface area (Å²) in [6.45, 7) is 12.3. The Morgan fingerprint density at radius 1 is 0.344 bits per heavy atom. The van der Waals surface area contributed by atoms with Gasteiger partial charge in [-0.05, 0) is 147 Å². The lowest BCUT2D eigenvalue weighted by atomic mass is 10.1. The van der Waals surface area contributed by atoms with E-state index in [4.69, 9.17) is 18.9 Å². The van der Waals surface area contributed by atoms with Crippen LogP contribution in [0.2, 0.25) is 0 Å². The Labute approximate surface area is 553 Å². The summed E-state index contributed by atoms with van der Waals surface area (Å²) < 4.78 is 152. The fourth-order valence-corrected chi connectivity index (χ4v) is 14.1. The Bertz CT molecular complexity index is 2770. The topological polar surface area (TPSA) is 134 Å². The highest BCUT2D eigenvalue weighted by Crippen LogP contribution is 2.54. The van der Waals surface area contributed by atoms with Crippen molar-refractivity contribution in [3.8, 4) is 23.0 Å². The van der Waals surface area contributed by atoms with E-state index in [9.17, 15) is 58.0 Å². The fraction of sp³-hybridized carbons (Fsp3) is 0.493. The first-order valence-corrected chi connectivity index (χ1v) is 36.6. The van der Waals surface area contributed by atoms with Crippen molar-refractivity contribution in [2.24, 2.45) is 0 Å². The summed E-state index contributed by atoms with van der Waals surface area (Å²) in [6, 6.07) is 56.5. The van der Waals surface area contributed by atoms with Crippen LogP contribution in [-0.4, -0.2) is 68.4 Å². The van der Waals surface area contributed by atoms with Gasteiger partial charge in [0, 0.05) is 0 Å². The molecule has 0 bridgehead atoms. The second-order valence-corrected chi connectivity index (χ2v) is 28.0. The van der Waals surface area contributed by atoms with E-state index in [1.165, 1.54) is 158 Å². The normalized spacial score (nSPS) is 12.0. The van der Waals surface area contributed by atoms with Crippen LogP contribution < -0.4 is 24.1 Å². The number of carbonyl (C=O) groups is 1. The van der Waals surface area contributed by atoms with Crippen molar-refractivity contribution in [1.82, 2.24) is 0 Å². The number of hydrogen-bond acceptors (Lipinski definition) is 9. The van der Waals surface area contributed by atoms with Crippen molar-refractivity contribution in [3.63, 3.8) is 0 Å². The molecule has 6 aromatic rings. The first kappa shape index (κ1) is 79.5. The van der Waals surface area contributed by atoms with Crippen LogP contribution in [0.3, 0.4) is 0 Å². The molecule has 0 unspecified atom stereocenters. The molecule has 93 heavy (non-hydrogen) atoms. The van der Waals surface area contributed by atoms with E-state index in [2.05, 4.69) is 185 Å². The largest absolute Gasteiger partial charge is 0.743 e. The van der Waals surface area contributed by atoms with Crippen LogP contribution in [0.25, 0.3) is 0 Å². The minimum Gasteiger partial charge on any atom is -0.743 e. The molecule has 0 N–H and O–H groups in total. The molecular weight excluding hydrogens is 1270 g/mol. The van der Waals surface area contributed by atoms with Crippen LogP contribution >= 0.6 is 0 Å². The van der Waals surface area contributed by atoms with E-state index < -0.39 is 39.1 Å². The molecule has 0 aliphatic rings. The number of carboxylic acids is 1. The lowest BCUT2D eigenvalue weighted by Gasteiger charge is -2.37. The van der Waals surface area contributed by atoms with E-state index in [1.54, 1.807) is 0 Å². The molecule has 20 heteroatoms. The first-order chi connectivity index (χ1) is 44.6. The molecule has 514 valence electrons. The maximum Gasteiger partial charge on any atom is 0.402 e. The Kier molecular flexibility index (Phi) is 36.3. The molecule has 0 heterocycles. The van der Waals surface area contributed by atoms with Crippen LogP contribution in [0.4, 0.5) is 35.1 Å². The van der Waals surface area contributed by atoms with Gasteiger partial charge in [-0.2, -0.15) is 35.1 Å². The Morgan fingerprint density at radius 2 is 0.559 bits per heavy atom.